The van der Waals surface area contributed by atoms with Crippen molar-refractivity contribution >= 4 is 11.9 Å². The lowest BCUT2D eigenvalue weighted by atomic mass is 10.1. The van der Waals surface area contributed by atoms with Gasteiger partial charge in [0.15, 0.2) is 0 Å². The Morgan fingerprint density at radius 3 is 1.39 bits per heavy atom. The number of carbonyl (C=O) groups excluding carboxylic acids is 2. The van der Waals surface area contributed by atoms with Crippen molar-refractivity contribution < 1.29 is 19.1 Å². The molecule has 0 aliphatic heterocycles. The highest BCUT2D eigenvalue weighted by Gasteiger charge is 2.09. The van der Waals surface area contributed by atoms with Gasteiger partial charge in [0, 0.05) is 12.8 Å². The van der Waals surface area contributed by atoms with Gasteiger partial charge in [-0.05, 0) is 39.0 Å². The van der Waals surface area contributed by atoms with Crippen LogP contribution in [0, 0.1) is 0 Å². The lowest BCUT2D eigenvalue weighted by Gasteiger charge is -2.13. The molecule has 0 fully saturated rings. The minimum atomic E-state index is -0.0429. The van der Waals surface area contributed by atoms with Crippen LogP contribution in [0.1, 0.15) is 181 Å². The zero-order valence-electron chi connectivity index (χ0n) is 24.6. The van der Waals surface area contributed by atoms with Crippen LogP contribution in [0.25, 0.3) is 0 Å². The molecule has 36 heavy (non-hydrogen) atoms. The molecule has 0 amide bonds. The average molecular weight is 511 g/mol. The van der Waals surface area contributed by atoms with Gasteiger partial charge >= 0.3 is 11.9 Å². The summed E-state index contributed by atoms with van der Waals surface area (Å²) in [4.78, 5) is 23.8. The van der Waals surface area contributed by atoms with E-state index < -0.39 is 0 Å². The second kappa shape index (κ2) is 28.5. The molecule has 0 radical (unpaired) electrons. The zero-order chi connectivity index (χ0) is 26.5. The number of rotatable bonds is 28. The molecule has 0 aliphatic rings. The molecule has 0 rings (SSSR count). The predicted octanol–water partition coefficient (Wildman–Crippen LogP) is 10.3. The first-order valence-corrected chi connectivity index (χ1v) is 15.9. The Balaban J connectivity index is 3.35. The number of carbonyl (C=O) groups is 2. The van der Waals surface area contributed by atoms with Crippen LogP contribution in [-0.4, -0.2) is 24.6 Å². The molecule has 0 aliphatic carbocycles. The topological polar surface area (TPSA) is 52.6 Å². The van der Waals surface area contributed by atoms with E-state index in [1.54, 1.807) is 0 Å². The van der Waals surface area contributed by atoms with E-state index in [0.29, 0.717) is 19.4 Å². The Morgan fingerprint density at radius 1 is 0.500 bits per heavy atom. The van der Waals surface area contributed by atoms with Crippen LogP contribution in [0.3, 0.4) is 0 Å². The maximum Gasteiger partial charge on any atom is 0.306 e. The van der Waals surface area contributed by atoms with Crippen molar-refractivity contribution in [3.8, 4) is 0 Å². The summed E-state index contributed by atoms with van der Waals surface area (Å²) in [7, 11) is 0. The minimum absolute atomic E-state index is 0.0382. The van der Waals surface area contributed by atoms with Crippen molar-refractivity contribution in [2.45, 2.75) is 187 Å². The van der Waals surface area contributed by atoms with E-state index in [1.165, 1.54) is 89.9 Å². The fourth-order valence-electron chi connectivity index (χ4n) is 4.65. The average Bonchev–Trinajstić information content (AvgIpc) is 2.86. The number of hydrogen-bond donors (Lipinski definition) is 0. The second-order valence-electron chi connectivity index (χ2n) is 10.9. The molecule has 0 aromatic carbocycles. The molecule has 0 bridgehead atoms. The molecule has 0 saturated heterocycles. The van der Waals surface area contributed by atoms with Gasteiger partial charge in [0.1, 0.15) is 0 Å². The molecule has 1 atom stereocenters. The van der Waals surface area contributed by atoms with Crippen LogP contribution in [0.2, 0.25) is 0 Å². The van der Waals surface area contributed by atoms with E-state index in [4.69, 9.17) is 9.47 Å². The van der Waals surface area contributed by atoms with Gasteiger partial charge in [-0.1, -0.05) is 129 Å². The third kappa shape index (κ3) is 27.5. The Morgan fingerprint density at radius 2 is 0.889 bits per heavy atom. The molecule has 214 valence electrons. The molecule has 4 heteroatoms. The molecule has 0 aromatic rings. The molecular weight excluding hydrogens is 448 g/mol. The van der Waals surface area contributed by atoms with Crippen molar-refractivity contribution in [3.63, 3.8) is 0 Å². The zero-order valence-corrected chi connectivity index (χ0v) is 24.6. The minimum Gasteiger partial charge on any atom is -0.466 e. The quantitative estimate of drug-likeness (QED) is 0.0775. The Labute approximate surface area is 225 Å². The van der Waals surface area contributed by atoms with Crippen LogP contribution >= 0.6 is 0 Å². The third-order valence-electron chi connectivity index (χ3n) is 7.07. The number of unbranched alkanes of at least 4 members (excludes halogenated alkanes) is 19. The lowest BCUT2D eigenvalue weighted by molar-refractivity contribution is -0.148. The van der Waals surface area contributed by atoms with Gasteiger partial charge in [-0.25, -0.2) is 0 Å². The second-order valence-corrected chi connectivity index (χ2v) is 10.9. The van der Waals surface area contributed by atoms with Crippen LogP contribution in [0.15, 0.2) is 0 Å². The van der Waals surface area contributed by atoms with Crippen LogP contribution in [0.5, 0.6) is 0 Å². The number of hydrogen-bond acceptors (Lipinski definition) is 4. The first kappa shape index (κ1) is 34.9. The smallest absolute Gasteiger partial charge is 0.306 e. The van der Waals surface area contributed by atoms with Crippen LogP contribution < -0.4 is 0 Å². The molecule has 4 nitrogen and oxygen atoms in total. The van der Waals surface area contributed by atoms with Crippen molar-refractivity contribution in [2.75, 3.05) is 6.61 Å². The normalized spacial score (nSPS) is 12.0. The maximum absolute atomic E-state index is 12.0. The first-order valence-electron chi connectivity index (χ1n) is 15.9. The lowest BCUT2D eigenvalue weighted by Crippen LogP contribution is -2.14. The van der Waals surface area contributed by atoms with Gasteiger partial charge in [-0.2, -0.15) is 0 Å². The summed E-state index contributed by atoms with van der Waals surface area (Å²) in [5.41, 5.74) is 0. The van der Waals surface area contributed by atoms with Gasteiger partial charge in [-0.3, -0.25) is 9.59 Å². The van der Waals surface area contributed by atoms with E-state index in [-0.39, 0.29) is 18.0 Å². The monoisotopic (exact) mass is 510 g/mol. The fourth-order valence-corrected chi connectivity index (χ4v) is 4.65. The highest BCUT2D eigenvalue weighted by atomic mass is 16.5. The van der Waals surface area contributed by atoms with E-state index in [0.717, 1.165) is 57.8 Å². The van der Waals surface area contributed by atoms with Crippen molar-refractivity contribution in [1.29, 1.82) is 0 Å². The summed E-state index contributed by atoms with van der Waals surface area (Å²) in [5, 5.41) is 0. The summed E-state index contributed by atoms with van der Waals surface area (Å²) in [6, 6.07) is 0. The SMILES string of the molecule is CCCCCCCCCCCCOC(=O)CCCCCCCCC(=O)OC(C)CCCCCCCC. The maximum atomic E-state index is 12.0. The van der Waals surface area contributed by atoms with Gasteiger partial charge in [-0.15, -0.1) is 0 Å². The Kier molecular flexibility index (Phi) is 27.7. The standard InChI is InChI=1S/C32H62O4/c1-4-6-8-10-12-13-14-17-21-25-29-35-31(33)27-23-19-15-16-20-24-28-32(34)36-30(3)26-22-18-11-9-7-5-2/h30H,4-29H2,1-3H3. The number of ether oxygens (including phenoxy) is 2. The van der Waals surface area contributed by atoms with Gasteiger partial charge in [0.25, 0.3) is 0 Å². The van der Waals surface area contributed by atoms with Crippen molar-refractivity contribution in [3.05, 3.63) is 0 Å². The molecule has 0 spiro atoms. The highest BCUT2D eigenvalue weighted by molar-refractivity contribution is 5.69. The fraction of sp³-hybridized carbons (Fsp3) is 0.938. The molecule has 0 aromatic heterocycles. The summed E-state index contributed by atoms with van der Waals surface area (Å²) in [5.74, 6) is -0.0811. The first-order chi connectivity index (χ1) is 17.6. The highest BCUT2D eigenvalue weighted by Crippen LogP contribution is 2.14. The summed E-state index contributed by atoms with van der Waals surface area (Å²) in [6.45, 7) is 7.10. The largest absolute Gasteiger partial charge is 0.466 e. The van der Waals surface area contributed by atoms with Crippen molar-refractivity contribution in [1.82, 2.24) is 0 Å². The van der Waals surface area contributed by atoms with Crippen molar-refractivity contribution in [2.24, 2.45) is 0 Å². The van der Waals surface area contributed by atoms with E-state index in [1.807, 2.05) is 6.92 Å². The third-order valence-corrected chi connectivity index (χ3v) is 7.07. The van der Waals surface area contributed by atoms with E-state index in [2.05, 4.69) is 13.8 Å². The molecule has 1 unspecified atom stereocenters. The van der Waals surface area contributed by atoms with Crippen LogP contribution in [0.4, 0.5) is 0 Å². The molecular formula is C32H62O4. The Hall–Kier alpha value is -1.06. The van der Waals surface area contributed by atoms with Gasteiger partial charge < -0.3 is 9.47 Å². The number of esters is 2. The van der Waals surface area contributed by atoms with Crippen LogP contribution in [-0.2, 0) is 19.1 Å². The molecule has 0 heterocycles. The summed E-state index contributed by atoms with van der Waals surface area (Å²) in [6.07, 6.45) is 28.9. The Bertz CT molecular complexity index is 477. The van der Waals surface area contributed by atoms with Gasteiger partial charge in [0.2, 0.25) is 0 Å². The summed E-state index contributed by atoms with van der Waals surface area (Å²) < 4.78 is 10.9. The predicted molar refractivity (Wildman–Crippen MR) is 153 cm³/mol. The van der Waals surface area contributed by atoms with E-state index >= 15 is 0 Å². The van der Waals surface area contributed by atoms with Gasteiger partial charge in [0.05, 0.1) is 12.7 Å². The molecule has 0 N–H and O–H groups in total. The molecule has 0 saturated carbocycles. The van der Waals surface area contributed by atoms with E-state index in [9.17, 15) is 9.59 Å². The summed E-state index contributed by atoms with van der Waals surface area (Å²) >= 11 is 0.